The molecule has 0 aliphatic carbocycles. The number of rotatable bonds is 5. The summed E-state index contributed by atoms with van der Waals surface area (Å²) in [6.07, 6.45) is 1.61. The van der Waals surface area contributed by atoms with E-state index in [9.17, 15) is 4.79 Å². The third-order valence-corrected chi connectivity index (χ3v) is 1.78. The molecule has 1 rings (SSSR count). The van der Waals surface area contributed by atoms with Crippen molar-refractivity contribution >= 4 is 5.91 Å². The molecule has 1 aromatic rings. The fraction of sp³-hybridized carbons (Fsp3) is 0.625. The lowest BCUT2D eigenvalue weighted by atomic mass is 10.3. The van der Waals surface area contributed by atoms with Crippen molar-refractivity contribution in [1.82, 2.24) is 20.3 Å². The largest absolute Gasteiger partial charge is 0.394 e. The minimum absolute atomic E-state index is 0.0807. The fourth-order valence-electron chi connectivity index (χ4n) is 1.02. The molecule has 1 heterocycles. The molecule has 0 fully saturated rings. The highest BCUT2D eigenvalue weighted by molar-refractivity contribution is 5.75. The summed E-state index contributed by atoms with van der Waals surface area (Å²) < 4.78 is 1.40. The number of aromatic nitrogens is 3. The third kappa shape index (κ3) is 3.64. The molecule has 15 heavy (non-hydrogen) atoms. The molecule has 0 aliphatic rings. The first kappa shape index (κ1) is 11.6. The molecule has 0 unspecified atom stereocenters. The molecule has 1 atom stereocenters. The van der Waals surface area contributed by atoms with Gasteiger partial charge in [-0.1, -0.05) is 5.21 Å². The van der Waals surface area contributed by atoms with Gasteiger partial charge >= 0.3 is 0 Å². The van der Waals surface area contributed by atoms with Gasteiger partial charge in [0.25, 0.3) is 0 Å². The molecule has 7 heteroatoms. The van der Waals surface area contributed by atoms with Crippen LogP contribution in [0.25, 0.3) is 0 Å². The summed E-state index contributed by atoms with van der Waals surface area (Å²) in [5, 5.41) is 18.8. The zero-order valence-corrected chi connectivity index (χ0v) is 8.55. The minimum Gasteiger partial charge on any atom is -0.394 e. The van der Waals surface area contributed by atoms with Crippen molar-refractivity contribution in [3.05, 3.63) is 11.9 Å². The molecule has 1 amide bonds. The van der Waals surface area contributed by atoms with E-state index < -0.39 is 0 Å². The minimum atomic E-state index is -0.255. The molecule has 0 aromatic carbocycles. The summed E-state index contributed by atoms with van der Waals surface area (Å²) in [5.74, 6) is -0.218. The molecule has 1 aromatic heterocycles. The predicted octanol–water partition coefficient (Wildman–Crippen LogP) is -1.77. The first-order valence-corrected chi connectivity index (χ1v) is 4.65. The maximum atomic E-state index is 11.3. The Hall–Kier alpha value is -1.47. The van der Waals surface area contributed by atoms with Gasteiger partial charge < -0.3 is 16.2 Å². The number of hydrogen-bond donors (Lipinski definition) is 3. The summed E-state index contributed by atoms with van der Waals surface area (Å²) in [6.45, 7) is 2.01. The second kappa shape index (κ2) is 5.42. The van der Waals surface area contributed by atoms with Crippen LogP contribution in [0.5, 0.6) is 0 Å². The SMILES string of the molecule is C[C@@H](CO)NC(=O)Cn1cc(CN)nn1. The van der Waals surface area contributed by atoms with Crippen LogP contribution in [0.15, 0.2) is 6.20 Å². The average molecular weight is 213 g/mol. The summed E-state index contributed by atoms with van der Waals surface area (Å²) >= 11 is 0. The van der Waals surface area contributed by atoms with Gasteiger partial charge in [-0.3, -0.25) is 4.79 Å². The highest BCUT2D eigenvalue weighted by Gasteiger charge is 2.08. The average Bonchev–Trinajstić information content (AvgIpc) is 2.65. The quantitative estimate of drug-likeness (QED) is 0.537. The molecule has 0 saturated carbocycles. The number of carbonyl (C=O) groups excluding carboxylic acids is 1. The Kier molecular flexibility index (Phi) is 4.19. The van der Waals surface area contributed by atoms with Gasteiger partial charge in [-0.2, -0.15) is 0 Å². The van der Waals surface area contributed by atoms with Crippen LogP contribution < -0.4 is 11.1 Å². The van der Waals surface area contributed by atoms with Crippen LogP contribution in [0, 0.1) is 0 Å². The van der Waals surface area contributed by atoms with Gasteiger partial charge in [-0.05, 0) is 6.92 Å². The number of amides is 1. The number of carbonyl (C=O) groups is 1. The van der Waals surface area contributed by atoms with Crippen molar-refractivity contribution in [2.24, 2.45) is 5.73 Å². The zero-order chi connectivity index (χ0) is 11.3. The Balaban J connectivity index is 2.44. The van der Waals surface area contributed by atoms with Gasteiger partial charge in [0, 0.05) is 12.6 Å². The molecule has 7 nitrogen and oxygen atoms in total. The monoisotopic (exact) mass is 213 g/mol. The van der Waals surface area contributed by atoms with Crippen LogP contribution in [0.3, 0.4) is 0 Å². The number of nitrogens with one attached hydrogen (secondary N) is 1. The van der Waals surface area contributed by atoms with Gasteiger partial charge in [0.05, 0.1) is 18.5 Å². The number of aliphatic hydroxyl groups excluding tert-OH is 1. The molecule has 4 N–H and O–H groups in total. The summed E-state index contributed by atoms with van der Waals surface area (Å²) in [7, 11) is 0. The summed E-state index contributed by atoms with van der Waals surface area (Å²) in [6, 6.07) is -0.255. The Morgan fingerprint density at radius 3 is 3.07 bits per heavy atom. The van der Waals surface area contributed by atoms with E-state index in [1.165, 1.54) is 4.68 Å². The third-order valence-electron chi connectivity index (χ3n) is 1.78. The van der Waals surface area contributed by atoms with E-state index in [0.717, 1.165) is 0 Å². The molecular weight excluding hydrogens is 198 g/mol. The van der Waals surface area contributed by atoms with Crippen molar-refractivity contribution in [3.63, 3.8) is 0 Å². The molecule has 0 saturated heterocycles. The van der Waals surface area contributed by atoms with E-state index >= 15 is 0 Å². The van der Waals surface area contributed by atoms with E-state index in [0.29, 0.717) is 12.2 Å². The first-order valence-electron chi connectivity index (χ1n) is 4.65. The normalized spacial score (nSPS) is 12.5. The highest BCUT2D eigenvalue weighted by atomic mass is 16.3. The fourth-order valence-corrected chi connectivity index (χ4v) is 1.02. The number of nitrogens with two attached hydrogens (primary N) is 1. The van der Waals surface area contributed by atoms with Crippen molar-refractivity contribution in [2.75, 3.05) is 6.61 Å². The molecular formula is C8H15N5O2. The second-order valence-electron chi connectivity index (χ2n) is 3.26. The van der Waals surface area contributed by atoms with Crippen LogP contribution in [-0.4, -0.2) is 38.7 Å². The van der Waals surface area contributed by atoms with E-state index in [1.807, 2.05) is 0 Å². The Morgan fingerprint density at radius 2 is 2.53 bits per heavy atom. The van der Waals surface area contributed by atoms with Gasteiger partial charge in [-0.15, -0.1) is 5.10 Å². The Labute approximate surface area is 87.3 Å². The molecule has 0 spiro atoms. The van der Waals surface area contributed by atoms with Gasteiger partial charge in [0.1, 0.15) is 6.54 Å². The zero-order valence-electron chi connectivity index (χ0n) is 8.55. The first-order chi connectivity index (χ1) is 7.15. The lowest BCUT2D eigenvalue weighted by Crippen LogP contribution is -2.37. The van der Waals surface area contributed by atoms with Crippen LogP contribution in [0.1, 0.15) is 12.6 Å². The van der Waals surface area contributed by atoms with Gasteiger partial charge in [0.2, 0.25) is 5.91 Å². The van der Waals surface area contributed by atoms with E-state index in [4.69, 9.17) is 10.8 Å². The van der Waals surface area contributed by atoms with Crippen LogP contribution in [0.4, 0.5) is 0 Å². The topological polar surface area (TPSA) is 106 Å². The number of aliphatic hydroxyl groups is 1. The summed E-state index contributed by atoms with van der Waals surface area (Å²) in [4.78, 5) is 11.3. The maximum absolute atomic E-state index is 11.3. The van der Waals surface area contributed by atoms with Crippen molar-refractivity contribution in [1.29, 1.82) is 0 Å². The second-order valence-corrected chi connectivity index (χ2v) is 3.26. The summed E-state index contributed by atoms with van der Waals surface area (Å²) in [5.41, 5.74) is 5.98. The Morgan fingerprint density at radius 1 is 1.80 bits per heavy atom. The molecule has 0 aliphatic heterocycles. The van der Waals surface area contributed by atoms with Crippen molar-refractivity contribution in [3.8, 4) is 0 Å². The van der Waals surface area contributed by atoms with Crippen molar-refractivity contribution in [2.45, 2.75) is 26.1 Å². The lowest BCUT2D eigenvalue weighted by molar-refractivity contribution is -0.122. The van der Waals surface area contributed by atoms with Gasteiger partial charge in [0.15, 0.2) is 0 Å². The standard InChI is InChI=1S/C8H15N5O2/c1-6(5-14)10-8(15)4-13-3-7(2-9)11-12-13/h3,6,14H,2,4-5,9H2,1H3,(H,10,15)/t6-/m0/s1. The van der Waals surface area contributed by atoms with Crippen LogP contribution in [-0.2, 0) is 17.9 Å². The van der Waals surface area contributed by atoms with E-state index in [2.05, 4.69) is 15.6 Å². The van der Waals surface area contributed by atoms with Crippen molar-refractivity contribution < 1.29 is 9.90 Å². The molecule has 84 valence electrons. The Bertz CT molecular complexity index is 325. The smallest absolute Gasteiger partial charge is 0.242 e. The van der Waals surface area contributed by atoms with Crippen LogP contribution in [0.2, 0.25) is 0 Å². The maximum Gasteiger partial charge on any atom is 0.242 e. The van der Waals surface area contributed by atoms with E-state index in [1.54, 1.807) is 13.1 Å². The predicted molar refractivity (Wildman–Crippen MR) is 52.6 cm³/mol. The number of hydrogen-bond acceptors (Lipinski definition) is 5. The van der Waals surface area contributed by atoms with Crippen LogP contribution >= 0.6 is 0 Å². The molecule has 0 radical (unpaired) electrons. The van der Waals surface area contributed by atoms with E-state index in [-0.39, 0.29) is 25.1 Å². The number of nitrogens with zero attached hydrogens (tertiary/aromatic N) is 3. The van der Waals surface area contributed by atoms with Gasteiger partial charge in [-0.25, -0.2) is 4.68 Å². The highest BCUT2D eigenvalue weighted by Crippen LogP contribution is 1.91. The lowest BCUT2D eigenvalue weighted by Gasteiger charge is -2.09. The molecule has 0 bridgehead atoms.